The first-order valence-electron chi connectivity index (χ1n) is 5.75. The normalized spacial score (nSPS) is 12.6. The van der Waals surface area contributed by atoms with E-state index in [0.29, 0.717) is 13.0 Å². The maximum Gasteiger partial charge on any atom is 0.244 e. The Bertz CT molecular complexity index is 401. The summed E-state index contributed by atoms with van der Waals surface area (Å²) >= 11 is 0. The van der Waals surface area contributed by atoms with Crippen molar-refractivity contribution >= 4 is 12.0 Å². The Morgan fingerprint density at radius 3 is 2.67 bits per heavy atom. The van der Waals surface area contributed by atoms with Crippen LogP contribution in [0.4, 0.5) is 0 Å². The molecule has 0 radical (unpaired) electrons. The van der Waals surface area contributed by atoms with Crippen molar-refractivity contribution in [3.63, 3.8) is 0 Å². The highest BCUT2D eigenvalue weighted by Crippen LogP contribution is 2.10. The van der Waals surface area contributed by atoms with Crippen molar-refractivity contribution in [2.24, 2.45) is 5.73 Å². The van der Waals surface area contributed by atoms with E-state index in [1.54, 1.807) is 30.3 Å². The largest absolute Gasteiger partial charge is 0.508 e. The fraction of sp³-hybridized carbons (Fsp3) is 0.308. The summed E-state index contributed by atoms with van der Waals surface area (Å²) in [6, 6.07) is 6.48. The molecule has 1 aromatic rings. The lowest BCUT2D eigenvalue weighted by Gasteiger charge is -2.08. The molecule has 18 heavy (non-hydrogen) atoms. The monoisotopic (exact) mass is 250 g/mol. The minimum Gasteiger partial charge on any atom is -0.508 e. The van der Waals surface area contributed by atoms with E-state index in [4.69, 9.17) is 10.8 Å². The van der Waals surface area contributed by atoms with Gasteiger partial charge in [-0.15, -0.1) is 0 Å². The summed E-state index contributed by atoms with van der Waals surface area (Å²) in [5, 5.41) is 21.0. The summed E-state index contributed by atoms with van der Waals surface area (Å²) in [5.74, 6) is -0.0966. The Morgan fingerprint density at radius 1 is 1.39 bits per heavy atom. The number of aliphatic hydroxyl groups is 1. The molecule has 0 unspecified atom stereocenters. The third kappa shape index (κ3) is 5.47. The van der Waals surface area contributed by atoms with E-state index in [-0.39, 0.29) is 18.2 Å². The second-order valence-corrected chi connectivity index (χ2v) is 3.90. The lowest BCUT2D eigenvalue weighted by atomic mass is 10.2. The number of carbonyl (C=O) groups excluding carboxylic acids is 1. The van der Waals surface area contributed by atoms with Crippen molar-refractivity contribution in [2.75, 3.05) is 13.1 Å². The molecule has 0 saturated carbocycles. The molecule has 98 valence electrons. The summed E-state index contributed by atoms with van der Waals surface area (Å²) in [6.07, 6.45) is 2.86. The van der Waals surface area contributed by atoms with Crippen LogP contribution in [0.3, 0.4) is 0 Å². The van der Waals surface area contributed by atoms with Crippen molar-refractivity contribution in [2.45, 2.75) is 12.5 Å². The fourth-order valence-corrected chi connectivity index (χ4v) is 1.33. The van der Waals surface area contributed by atoms with Gasteiger partial charge in [-0.25, -0.2) is 0 Å². The average molecular weight is 250 g/mol. The lowest BCUT2D eigenvalue weighted by Crippen LogP contribution is -2.32. The smallest absolute Gasteiger partial charge is 0.244 e. The molecule has 1 amide bonds. The minimum absolute atomic E-state index is 0.182. The number of phenols is 1. The van der Waals surface area contributed by atoms with Crippen LogP contribution in [-0.4, -0.2) is 35.3 Å². The molecule has 5 nitrogen and oxygen atoms in total. The first kappa shape index (κ1) is 14.2. The van der Waals surface area contributed by atoms with E-state index in [1.807, 2.05) is 0 Å². The van der Waals surface area contributed by atoms with Crippen LogP contribution in [0, 0.1) is 0 Å². The van der Waals surface area contributed by atoms with Gasteiger partial charge in [-0.2, -0.15) is 0 Å². The molecular formula is C13H18N2O3. The standard InChI is InChI=1S/C13H18N2O3/c14-8-7-12(17)9-15-13(18)6-3-10-1-4-11(16)5-2-10/h1-6,12,16-17H,7-9,14H2,(H,15,18)/t12-/m0/s1. The zero-order chi connectivity index (χ0) is 13.4. The van der Waals surface area contributed by atoms with E-state index in [0.717, 1.165) is 5.56 Å². The van der Waals surface area contributed by atoms with E-state index in [2.05, 4.69) is 5.32 Å². The Hall–Kier alpha value is -1.85. The molecule has 1 atom stereocenters. The number of amides is 1. The van der Waals surface area contributed by atoms with Gasteiger partial charge in [0.05, 0.1) is 6.10 Å². The molecule has 0 aromatic heterocycles. The molecule has 0 aliphatic heterocycles. The predicted molar refractivity (Wildman–Crippen MR) is 69.8 cm³/mol. The number of aliphatic hydroxyl groups excluding tert-OH is 1. The van der Waals surface area contributed by atoms with Crippen LogP contribution >= 0.6 is 0 Å². The van der Waals surface area contributed by atoms with E-state index in [1.165, 1.54) is 6.08 Å². The SMILES string of the molecule is NCC[C@H](O)CNC(=O)C=Cc1ccc(O)cc1. The van der Waals surface area contributed by atoms with Crippen LogP contribution in [0.5, 0.6) is 5.75 Å². The number of nitrogens with one attached hydrogen (secondary N) is 1. The van der Waals surface area contributed by atoms with Gasteiger partial charge in [-0.05, 0) is 36.7 Å². The highest BCUT2D eigenvalue weighted by Gasteiger charge is 2.03. The highest BCUT2D eigenvalue weighted by molar-refractivity contribution is 5.91. The topological polar surface area (TPSA) is 95.6 Å². The maximum absolute atomic E-state index is 11.4. The van der Waals surface area contributed by atoms with Crippen LogP contribution in [0.15, 0.2) is 30.3 Å². The molecule has 1 rings (SSSR count). The second kappa shape index (κ2) is 7.47. The van der Waals surface area contributed by atoms with Crippen LogP contribution < -0.4 is 11.1 Å². The molecule has 0 heterocycles. The molecule has 0 bridgehead atoms. The molecule has 0 saturated heterocycles. The van der Waals surface area contributed by atoms with Gasteiger partial charge in [0, 0.05) is 12.6 Å². The molecule has 5 N–H and O–H groups in total. The number of hydrogen-bond acceptors (Lipinski definition) is 4. The first-order valence-corrected chi connectivity index (χ1v) is 5.75. The van der Waals surface area contributed by atoms with Crippen LogP contribution in [0.1, 0.15) is 12.0 Å². The van der Waals surface area contributed by atoms with Gasteiger partial charge in [0.1, 0.15) is 5.75 Å². The molecule has 0 fully saturated rings. The maximum atomic E-state index is 11.4. The minimum atomic E-state index is -0.610. The van der Waals surface area contributed by atoms with E-state index >= 15 is 0 Å². The van der Waals surface area contributed by atoms with Crippen molar-refractivity contribution < 1.29 is 15.0 Å². The average Bonchev–Trinajstić information content (AvgIpc) is 2.36. The van der Waals surface area contributed by atoms with Crippen molar-refractivity contribution in [1.82, 2.24) is 5.32 Å². The van der Waals surface area contributed by atoms with Gasteiger partial charge in [0.2, 0.25) is 5.91 Å². The van der Waals surface area contributed by atoms with Gasteiger partial charge in [-0.1, -0.05) is 12.1 Å². The highest BCUT2D eigenvalue weighted by atomic mass is 16.3. The Balaban J connectivity index is 2.37. The molecule has 0 aliphatic carbocycles. The molecular weight excluding hydrogens is 232 g/mol. The fourth-order valence-electron chi connectivity index (χ4n) is 1.33. The van der Waals surface area contributed by atoms with Crippen LogP contribution in [0.2, 0.25) is 0 Å². The number of carbonyl (C=O) groups is 1. The summed E-state index contributed by atoms with van der Waals surface area (Å²) in [6.45, 7) is 0.580. The number of benzene rings is 1. The van der Waals surface area contributed by atoms with E-state index < -0.39 is 6.10 Å². The second-order valence-electron chi connectivity index (χ2n) is 3.90. The predicted octanol–water partition coefficient (Wildman–Crippen LogP) is 0.231. The van der Waals surface area contributed by atoms with Crippen molar-refractivity contribution in [3.05, 3.63) is 35.9 Å². The zero-order valence-electron chi connectivity index (χ0n) is 10.0. The zero-order valence-corrected chi connectivity index (χ0v) is 10.0. The quantitative estimate of drug-likeness (QED) is 0.543. The van der Waals surface area contributed by atoms with Crippen LogP contribution in [-0.2, 0) is 4.79 Å². The third-order valence-electron chi connectivity index (χ3n) is 2.33. The first-order chi connectivity index (χ1) is 8.61. The van der Waals surface area contributed by atoms with Crippen molar-refractivity contribution in [1.29, 1.82) is 0 Å². The number of nitrogens with two attached hydrogens (primary N) is 1. The van der Waals surface area contributed by atoms with Crippen molar-refractivity contribution in [3.8, 4) is 5.75 Å². The molecule has 5 heteroatoms. The number of hydrogen-bond donors (Lipinski definition) is 4. The third-order valence-corrected chi connectivity index (χ3v) is 2.33. The number of aromatic hydroxyl groups is 1. The Labute approximate surface area is 106 Å². The molecule has 0 aliphatic rings. The van der Waals surface area contributed by atoms with Gasteiger partial charge in [-0.3, -0.25) is 4.79 Å². The van der Waals surface area contributed by atoms with Gasteiger partial charge in [0.15, 0.2) is 0 Å². The summed E-state index contributed by atoms with van der Waals surface area (Å²) < 4.78 is 0. The number of rotatable bonds is 6. The lowest BCUT2D eigenvalue weighted by molar-refractivity contribution is -0.116. The molecule has 1 aromatic carbocycles. The van der Waals surface area contributed by atoms with Gasteiger partial charge < -0.3 is 21.3 Å². The van der Waals surface area contributed by atoms with E-state index in [9.17, 15) is 9.90 Å². The molecule has 0 spiro atoms. The Kier molecular flexibility index (Phi) is 5.90. The summed E-state index contributed by atoms with van der Waals surface area (Å²) in [4.78, 5) is 11.4. The number of phenolic OH excluding ortho intramolecular Hbond substituents is 1. The van der Waals surface area contributed by atoms with Gasteiger partial charge >= 0.3 is 0 Å². The Morgan fingerprint density at radius 2 is 2.06 bits per heavy atom. The summed E-state index contributed by atoms with van der Waals surface area (Å²) in [5.41, 5.74) is 6.09. The van der Waals surface area contributed by atoms with Crippen LogP contribution in [0.25, 0.3) is 6.08 Å². The van der Waals surface area contributed by atoms with Gasteiger partial charge in [0.25, 0.3) is 0 Å². The summed E-state index contributed by atoms with van der Waals surface area (Å²) in [7, 11) is 0.